The van der Waals surface area contributed by atoms with Crippen LogP contribution < -0.4 is 0 Å². The fraction of sp³-hybridized carbons (Fsp3) is 0.167. The summed E-state index contributed by atoms with van der Waals surface area (Å²) in [4.78, 5) is 16.0. The first-order valence-corrected chi connectivity index (χ1v) is 6.53. The number of carboxylic acid groups (broad SMARTS) is 1. The van der Waals surface area contributed by atoms with Crippen LogP contribution in [0.4, 0.5) is 0 Å². The van der Waals surface area contributed by atoms with Crippen molar-refractivity contribution < 1.29 is 9.90 Å². The van der Waals surface area contributed by atoms with E-state index >= 15 is 0 Å². The molecule has 0 atom stereocenters. The molecule has 0 bridgehead atoms. The molecule has 1 N–H and O–H groups in total. The zero-order valence-corrected chi connectivity index (χ0v) is 11.2. The number of hydrogen-bond acceptors (Lipinski definition) is 3. The van der Waals surface area contributed by atoms with Gasteiger partial charge in [-0.2, -0.15) is 0 Å². The van der Waals surface area contributed by atoms with Crippen LogP contribution in [0.2, 0.25) is 5.02 Å². The zero-order chi connectivity index (χ0) is 13.1. The van der Waals surface area contributed by atoms with E-state index in [1.807, 2.05) is 17.7 Å². The van der Waals surface area contributed by atoms with Crippen LogP contribution in [0, 0.1) is 0 Å². The molecule has 0 aliphatic rings. The summed E-state index contributed by atoms with van der Waals surface area (Å²) in [6.07, 6.45) is 3.61. The maximum absolute atomic E-state index is 11.0. The Kier molecular flexibility index (Phi) is 3.93. The summed E-state index contributed by atoms with van der Waals surface area (Å²) in [6.45, 7) is 2.85. The molecule has 0 amide bonds. The minimum Gasteiger partial charge on any atom is -0.478 e. The van der Waals surface area contributed by atoms with Gasteiger partial charge in [-0.3, -0.25) is 0 Å². The third-order valence-corrected chi connectivity index (χ3v) is 3.74. The summed E-state index contributed by atoms with van der Waals surface area (Å²) in [5.41, 5.74) is 0.108. The van der Waals surface area contributed by atoms with E-state index in [-0.39, 0.29) is 10.6 Å². The number of hydrogen-bond donors (Lipinski definition) is 1. The van der Waals surface area contributed by atoms with Gasteiger partial charge in [0.2, 0.25) is 0 Å². The van der Waals surface area contributed by atoms with E-state index < -0.39 is 5.97 Å². The van der Waals surface area contributed by atoms with Gasteiger partial charge in [-0.1, -0.05) is 23.4 Å². The summed E-state index contributed by atoms with van der Waals surface area (Å²) in [5.74, 6) is -1.03. The molecule has 4 nitrogen and oxygen atoms in total. The Hall–Kier alpha value is -1.46. The third-order valence-electron chi connectivity index (χ3n) is 2.40. The molecule has 94 valence electrons. The molecule has 18 heavy (non-hydrogen) atoms. The minimum atomic E-state index is -1.03. The van der Waals surface area contributed by atoms with Crippen LogP contribution >= 0.6 is 23.4 Å². The quantitative estimate of drug-likeness (QED) is 0.934. The Morgan fingerprint density at radius 2 is 2.33 bits per heavy atom. The summed E-state index contributed by atoms with van der Waals surface area (Å²) in [6, 6.07) is 4.94. The standard InChI is InChI=1S/C12H11ClN2O2S/c1-2-15-6-5-14-12(15)18-8-3-4-10(13)9(7-8)11(16)17/h3-7H,2H2,1H3,(H,16,17). The maximum atomic E-state index is 11.0. The van der Waals surface area contributed by atoms with Crippen molar-refractivity contribution in [3.63, 3.8) is 0 Å². The summed E-state index contributed by atoms with van der Waals surface area (Å²) >= 11 is 7.24. The molecule has 2 aromatic rings. The molecule has 2 rings (SSSR count). The molecular weight excluding hydrogens is 272 g/mol. The first-order chi connectivity index (χ1) is 8.61. The van der Waals surface area contributed by atoms with Crippen LogP contribution in [-0.2, 0) is 6.54 Å². The molecule has 6 heteroatoms. The monoisotopic (exact) mass is 282 g/mol. The van der Waals surface area contributed by atoms with Crippen molar-refractivity contribution in [2.24, 2.45) is 0 Å². The first-order valence-electron chi connectivity index (χ1n) is 5.33. The predicted octanol–water partition coefficient (Wildman–Crippen LogP) is 3.41. The molecule has 0 fully saturated rings. The molecule has 1 aromatic carbocycles. The second kappa shape index (κ2) is 5.46. The Labute approximate surface area is 114 Å². The highest BCUT2D eigenvalue weighted by Crippen LogP contribution is 2.29. The van der Waals surface area contributed by atoms with Crippen molar-refractivity contribution in [3.05, 3.63) is 41.2 Å². The van der Waals surface area contributed by atoms with Gasteiger partial charge < -0.3 is 9.67 Å². The zero-order valence-electron chi connectivity index (χ0n) is 9.63. The van der Waals surface area contributed by atoms with Gasteiger partial charge in [-0.15, -0.1) is 0 Å². The summed E-state index contributed by atoms with van der Waals surface area (Å²) in [7, 11) is 0. The smallest absolute Gasteiger partial charge is 0.337 e. The van der Waals surface area contributed by atoms with Crippen LogP contribution in [0.1, 0.15) is 17.3 Å². The molecule has 0 saturated carbocycles. The number of carbonyl (C=O) groups is 1. The number of nitrogens with zero attached hydrogens (tertiary/aromatic N) is 2. The lowest BCUT2D eigenvalue weighted by Crippen LogP contribution is -1.98. The Morgan fingerprint density at radius 3 is 3.00 bits per heavy atom. The van der Waals surface area contributed by atoms with Crippen LogP contribution in [0.5, 0.6) is 0 Å². The highest BCUT2D eigenvalue weighted by molar-refractivity contribution is 7.99. The van der Waals surface area contributed by atoms with Gasteiger partial charge in [-0.05, 0) is 25.1 Å². The van der Waals surface area contributed by atoms with E-state index in [9.17, 15) is 4.79 Å². The fourth-order valence-corrected chi connectivity index (χ4v) is 2.62. The average Bonchev–Trinajstić information content (AvgIpc) is 2.78. The van der Waals surface area contributed by atoms with Crippen molar-refractivity contribution in [2.45, 2.75) is 23.5 Å². The van der Waals surface area contributed by atoms with Crippen molar-refractivity contribution in [1.82, 2.24) is 9.55 Å². The topological polar surface area (TPSA) is 55.1 Å². The van der Waals surface area contributed by atoms with E-state index in [0.717, 1.165) is 16.6 Å². The van der Waals surface area contributed by atoms with E-state index in [1.165, 1.54) is 11.8 Å². The van der Waals surface area contributed by atoms with Crippen molar-refractivity contribution in [1.29, 1.82) is 0 Å². The van der Waals surface area contributed by atoms with Gasteiger partial charge in [0.15, 0.2) is 5.16 Å². The van der Waals surface area contributed by atoms with Crippen LogP contribution in [-0.4, -0.2) is 20.6 Å². The van der Waals surface area contributed by atoms with Crippen LogP contribution in [0.15, 0.2) is 40.6 Å². The number of aryl methyl sites for hydroxylation is 1. The lowest BCUT2D eigenvalue weighted by atomic mass is 10.2. The largest absolute Gasteiger partial charge is 0.478 e. The number of benzene rings is 1. The maximum Gasteiger partial charge on any atom is 0.337 e. The average molecular weight is 283 g/mol. The van der Waals surface area contributed by atoms with Gasteiger partial charge in [0.25, 0.3) is 0 Å². The second-order valence-electron chi connectivity index (χ2n) is 3.54. The van der Waals surface area contributed by atoms with E-state index in [1.54, 1.807) is 24.4 Å². The molecular formula is C12H11ClN2O2S. The molecule has 0 aliphatic carbocycles. The van der Waals surface area contributed by atoms with Crippen LogP contribution in [0.3, 0.4) is 0 Å². The minimum absolute atomic E-state index is 0.108. The second-order valence-corrected chi connectivity index (χ2v) is 4.99. The van der Waals surface area contributed by atoms with Gasteiger partial charge in [0.05, 0.1) is 10.6 Å². The SMILES string of the molecule is CCn1ccnc1Sc1ccc(Cl)c(C(=O)O)c1. The van der Waals surface area contributed by atoms with Gasteiger partial charge in [0, 0.05) is 23.8 Å². The lowest BCUT2D eigenvalue weighted by Gasteiger charge is -2.05. The number of halogens is 1. The fourth-order valence-electron chi connectivity index (χ4n) is 1.48. The highest BCUT2D eigenvalue weighted by Gasteiger charge is 2.11. The number of imidazole rings is 1. The predicted molar refractivity (Wildman–Crippen MR) is 70.4 cm³/mol. The summed E-state index contributed by atoms with van der Waals surface area (Å²) < 4.78 is 1.99. The molecule has 0 aliphatic heterocycles. The Morgan fingerprint density at radius 1 is 1.56 bits per heavy atom. The Balaban J connectivity index is 2.30. The molecule has 0 saturated heterocycles. The molecule has 0 spiro atoms. The Bertz CT molecular complexity index is 583. The normalized spacial score (nSPS) is 10.6. The lowest BCUT2D eigenvalue weighted by molar-refractivity contribution is 0.0697. The van der Waals surface area contributed by atoms with E-state index in [4.69, 9.17) is 16.7 Å². The van der Waals surface area contributed by atoms with Gasteiger partial charge >= 0.3 is 5.97 Å². The first kappa shape index (κ1) is 13.0. The van der Waals surface area contributed by atoms with Crippen molar-refractivity contribution >= 4 is 29.3 Å². The number of aromatic carboxylic acids is 1. The summed E-state index contributed by atoms with van der Waals surface area (Å²) in [5, 5.41) is 10.1. The number of aromatic nitrogens is 2. The van der Waals surface area contributed by atoms with Crippen molar-refractivity contribution in [3.8, 4) is 0 Å². The number of rotatable bonds is 4. The molecule has 0 radical (unpaired) electrons. The highest BCUT2D eigenvalue weighted by atomic mass is 35.5. The van der Waals surface area contributed by atoms with Crippen molar-refractivity contribution in [2.75, 3.05) is 0 Å². The van der Waals surface area contributed by atoms with Gasteiger partial charge in [-0.25, -0.2) is 9.78 Å². The van der Waals surface area contributed by atoms with E-state index in [0.29, 0.717) is 0 Å². The molecule has 1 heterocycles. The van der Waals surface area contributed by atoms with Gasteiger partial charge in [0.1, 0.15) is 0 Å². The molecule has 0 unspecified atom stereocenters. The number of carboxylic acids is 1. The van der Waals surface area contributed by atoms with E-state index in [2.05, 4.69) is 4.98 Å². The molecule has 1 aromatic heterocycles. The third kappa shape index (κ3) is 2.68. The van der Waals surface area contributed by atoms with Crippen LogP contribution in [0.25, 0.3) is 0 Å².